The highest BCUT2D eigenvalue weighted by Crippen LogP contribution is 2.23. The molecule has 1 saturated heterocycles. The summed E-state index contributed by atoms with van der Waals surface area (Å²) in [4.78, 5) is 71.0. The monoisotopic (exact) mass is 673 g/mol. The summed E-state index contributed by atoms with van der Waals surface area (Å²) in [7, 11) is 0. The minimum absolute atomic E-state index is 0.171. The van der Waals surface area contributed by atoms with Crippen molar-refractivity contribution in [3.8, 4) is 0 Å². The SMILES string of the molecule is CC(C)[C@H](NC(=O)[C@H]1CCCN1C(=O)[C@@H](NC(=O)CCCCCNC(=O)c1cc(Cl)ccn1)C(C)C)C(=O)c1nnc(C(C)(C)C)o1. The molecule has 47 heavy (non-hydrogen) atoms. The number of unbranched alkanes of at least 4 members (excludes halogenated alkanes) is 2. The second-order valence-electron chi connectivity index (χ2n) is 13.7. The maximum absolute atomic E-state index is 13.7. The van der Waals surface area contributed by atoms with Crippen molar-refractivity contribution in [2.45, 2.75) is 111 Å². The molecule has 1 aliphatic rings. The lowest BCUT2D eigenvalue weighted by Gasteiger charge is -2.31. The first-order valence-electron chi connectivity index (χ1n) is 16.3. The molecule has 3 atom stereocenters. The highest BCUT2D eigenvalue weighted by atomic mass is 35.5. The first kappa shape index (κ1) is 37.6. The molecule has 2 aromatic rings. The summed E-state index contributed by atoms with van der Waals surface area (Å²) in [5.41, 5.74) is -0.198. The lowest BCUT2D eigenvalue weighted by Crippen LogP contribution is -2.57. The fourth-order valence-electron chi connectivity index (χ4n) is 5.19. The molecule has 0 aromatic carbocycles. The molecule has 0 bridgehead atoms. The topological polar surface area (TPSA) is 176 Å². The molecule has 0 saturated carbocycles. The summed E-state index contributed by atoms with van der Waals surface area (Å²) in [5.74, 6) is -2.18. The van der Waals surface area contributed by atoms with E-state index in [2.05, 4.69) is 31.1 Å². The van der Waals surface area contributed by atoms with Gasteiger partial charge in [-0.25, -0.2) is 0 Å². The van der Waals surface area contributed by atoms with Crippen LogP contribution in [0.15, 0.2) is 22.7 Å². The van der Waals surface area contributed by atoms with Gasteiger partial charge in [-0.3, -0.25) is 29.0 Å². The van der Waals surface area contributed by atoms with Crippen molar-refractivity contribution in [2.75, 3.05) is 13.1 Å². The number of carbonyl (C=O) groups is 5. The Morgan fingerprint density at radius 3 is 2.32 bits per heavy atom. The van der Waals surface area contributed by atoms with Gasteiger partial charge < -0.3 is 25.3 Å². The molecule has 3 heterocycles. The first-order valence-corrected chi connectivity index (χ1v) is 16.7. The fourth-order valence-corrected chi connectivity index (χ4v) is 5.35. The van der Waals surface area contributed by atoms with Crippen LogP contribution in [0.1, 0.15) is 114 Å². The zero-order valence-electron chi connectivity index (χ0n) is 28.4. The molecule has 1 aliphatic heterocycles. The number of nitrogens with one attached hydrogen (secondary N) is 3. The van der Waals surface area contributed by atoms with Crippen LogP contribution in [0.2, 0.25) is 5.02 Å². The van der Waals surface area contributed by atoms with Crippen LogP contribution >= 0.6 is 11.6 Å². The molecule has 13 nitrogen and oxygen atoms in total. The number of rotatable bonds is 15. The number of ketones is 1. The Morgan fingerprint density at radius 1 is 1.00 bits per heavy atom. The number of hydrogen-bond donors (Lipinski definition) is 3. The van der Waals surface area contributed by atoms with Gasteiger partial charge >= 0.3 is 0 Å². The van der Waals surface area contributed by atoms with E-state index in [9.17, 15) is 24.0 Å². The van der Waals surface area contributed by atoms with Gasteiger partial charge in [0.25, 0.3) is 11.8 Å². The molecule has 0 unspecified atom stereocenters. The summed E-state index contributed by atoms with van der Waals surface area (Å²) in [6.45, 7) is 13.8. The smallest absolute Gasteiger partial charge is 0.286 e. The number of amides is 4. The number of carbonyl (C=O) groups excluding carboxylic acids is 5. The minimum atomic E-state index is -0.921. The van der Waals surface area contributed by atoms with Crippen molar-refractivity contribution in [1.29, 1.82) is 0 Å². The predicted molar refractivity (Wildman–Crippen MR) is 176 cm³/mol. The van der Waals surface area contributed by atoms with E-state index in [1.165, 1.54) is 17.2 Å². The average Bonchev–Trinajstić information content (AvgIpc) is 3.70. The number of halogens is 1. The van der Waals surface area contributed by atoms with Crippen LogP contribution in [-0.4, -0.2) is 80.7 Å². The van der Waals surface area contributed by atoms with Crippen LogP contribution in [0, 0.1) is 11.8 Å². The Balaban J connectivity index is 1.52. The van der Waals surface area contributed by atoms with Crippen LogP contribution in [0.5, 0.6) is 0 Å². The van der Waals surface area contributed by atoms with E-state index in [1.807, 2.05) is 34.6 Å². The summed E-state index contributed by atoms with van der Waals surface area (Å²) in [6, 6.07) is 0.580. The Kier molecular flexibility index (Phi) is 13.4. The van der Waals surface area contributed by atoms with Gasteiger partial charge in [0.1, 0.15) is 17.8 Å². The van der Waals surface area contributed by atoms with Crippen molar-refractivity contribution < 1.29 is 28.4 Å². The third-order valence-electron chi connectivity index (χ3n) is 7.93. The highest BCUT2D eigenvalue weighted by molar-refractivity contribution is 6.30. The van der Waals surface area contributed by atoms with E-state index in [-0.39, 0.29) is 47.6 Å². The van der Waals surface area contributed by atoms with Gasteiger partial charge in [-0.1, -0.05) is 66.5 Å². The average molecular weight is 674 g/mol. The van der Waals surface area contributed by atoms with Crippen molar-refractivity contribution in [3.63, 3.8) is 0 Å². The van der Waals surface area contributed by atoms with E-state index in [0.717, 1.165) is 0 Å². The largest absolute Gasteiger partial charge is 0.418 e. The number of hydrogen-bond acceptors (Lipinski definition) is 9. The van der Waals surface area contributed by atoms with Crippen molar-refractivity contribution in [1.82, 2.24) is 36.0 Å². The normalized spacial score (nSPS) is 16.2. The highest BCUT2D eigenvalue weighted by Gasteiger charge is 2.40. The van der Waals surface area contributed by atoms with Gasteiger partial charge in [0.15, 0.2) is 0 Å². The molecule has 1 fully saturated rings. The fraction of sp³-hybridized carbons (Fsp3) is 0.636. The lowest BCUT2D eigenvalue weighted by atomic mass is 9.97. The molecular formula is C33H48ClN7O6. The summed E-state index contributed by atoms with van der Waals surface area (Å²) >= 11 is 5.91. The number of likely N-dealkylation sites (tertiary alicyclic amines) is 1. The number of pyridine rings is 1. The van der Waals surface area contributed by atoms with E-state index >= 15 is 0 Å². The van der Waals surface area contributed by atoms with E-state index < -0.39 is 35.2 Å². The molecule has 3 rings (SSSR count). The van der Waals surface area contributed by atoms with Gasteiger partial charge in [0.2, 0.25) is 29.4 Å². The first-order chi connectivity index (χ1) is 22.1. The molecule has 258 valence electrons. The van der Waals surface area contributed by atoms with Crippen molar-refractivity contribution in [2.24, 2.45) is 11.8 Å². The third kappa shape index (κ3) is 10.6. The van der Waals surface area contributed by atoms with Crippen LogP contribution in [0.3, 0.4) is 0 Å². The molecule has 3 N–H and O–H groups in total. The summed E-state index contributed by atoms with van der Waals surface area (Å²) < 4.78 is 5.63. The quantitative estimate of drug-likeness (QED) is 0.187. The zero-order valence-corrected chi connectivity index (χ0v) is 29.1. The molecule has 14 heteroatoms. The predicted octanol–water partition coefficient (Wildman–Crippen LogP) is 3.86. The Morgan fingerprint density at radius 2 is 1.70 bits per heavy atom. The van der Waals surface area contributed by atoms with Gasteiger partial charge in [-0.05, 0) is 49.7 Å². The standard InChI is InChI=1S/C33H48ClN7O6/c1-19(2)25(27(43)30-39-40-32(47-30)33(5,6)7)38-29(45)23-12-11-17-41(23)31(46)26(20(3)4)37-24(42)13-9-8-10-15-36-28(44)22-18-21(34)14-16-35-22/h14,16,18-20,23,25-26H,8-13,15,17H2,1-7H3,(H,36,44)(H,37,42)(H,38,45)/t23-,25+,26+/m1/s1. The zero-order chi connectivity index (χ0) is 34.9. The van der Waals surface area contributed by atoms with Gasteiger partial charge in [-0.15, -0.1) is 10.2 Å². The van der Waals surface area contributed by atoms with E-state index in [0.29, 0.717) is 56.1 Å². The van der Waals surface area contributed by atoms with Gasteiger partial charge in [-0.2, -0.15) is 0 Å². The molecule has 2 aromatic heterocycles. The molecule has 0 radical (unpaired) electrons. The van der Waals surface area contributed by atoms with Crippen molar-refractivity contribution in [3.05, 3.63) is 40.8 Å². The second-order valence-corrected chi connectivity index (χ2v) is 14.1. The Labute approximate surface area is 281 Å². The molecular weight excluding hydrogens is 626 g/mol. The molecule has 4 amide bonds. The molecule has 0 spiro atoms. The van der Waals surface area contributed by atoms with E-state index in [4.69, 9.17) is 16.0 Å². The number of aromatic nitrogens is 3. The van der Waals surface area contributed by atoms with Crippen LogP contribution in [0.25, 0.3) is 0 Å². The second kappa shape index (κ2) is 16.8. The van der Waals surface area contributed by atoms with Crippen LogP contribution in [-0.2, 0) is 19.8 Å². The summed E-state index contributed by atoms with van der Waals surface area (Å²) in [5, 5.41) is 16.8. The Hall–Kier alpha value is -3.87. The van der Waals surface area contributed by atoms with Crippen LogP contribution < -0.4 is 16.0 Å². The maximum Gasteiger partial charge on any atom is 0.286 e. The Bertz CT molecular complexity index is 1420. The van der Waals surface area contributed by atoms with Gasteiger partial charge in [0, 0.05) is 36.1 Å². The van der Waals surface area contributed by atoms with Crippen LogP contribution in [0.4, 0.5) is 0 Å². The number of Topliss-reactive ketones (excluding diaryl/α,β-unsaturated/α-hetero) is 1. The summed E-state index contributed by atoms with van der Waals surface area (Å²) in [6.07, 6.45) is 4.68. The minimum Gasteiger partial charge on any atom is -0.418 e. The lowest BCUT2D eigenvalue weighted by molar-refractivity contribution is -0.142. The van der Waals surface area contributed by atoms with E-state index in [1.54, 1.807) is 19.9 Å². The number of nitrogens with zero attached hydrogens (tertiary/aromatic N) is 4. The maximum atomic E-state index is 13.7. The van der Waals surface area contributed by atoms with Gasteiger partial charge in [0.05, 0.1) is 6.04 Å². The molecule has 0 aliphatic carbocycles. The van der Waals surface area contributed by atoms with Crippen molar-refractivity contribution >= 4 is 41.0 Å². The third-order valence-corrected chi connectivity index (χ3v) is 8.17.